The Morgan fingerprint density at radius 2 is 2.05 bits per heavy atom. The molecule has 0 aliphatic heterocycles. The van der Waals surface area contributed by atoms with Crippen LogP contribution in [0.25, 0.3) is 10.6 Å². The number of benzene rings is 1. The topological polar surface area (TPSA) is 51.2 Å². The van der Waals surface area contributed by atoms with Gasteiger partial charge in [0, 0.05) is 17.0 Å². The lowest BCUT2D eigenvalue weighted by atomic mass is 10.2. The number of nitrogens with one attached hydrogen (secondary N) is 1. The van der Waals surface area contributed by atoms with Crippen molar-refractivity contribution in [1.29, 1.82) is 0 Å². The maximum atomic E-state index is 11.7. The molecular formula is C15H18N2O2S. The third-order valence-corrected chi connectivity index (χ3v) is 3.62. The highest BCUT2D eigenvalue weighted by atomic mass is 32.1. The van der Waals surface area contributed by atoms with Crippen LogP contribution < -0.4 is 10.1 Å². The summed E-state index contributed by atoms with van der Waals surface area (Å²) in [5, 5.41) is 5.71. The molecule has 0 atom stereocenters. The average Bonchev–Trinajstić information content (AvgIpc) is 2.86. The molecule has 1 amide bonds. The van der Waals surface area contributed by atoms with Gasteiger partial charge in [0.15, 0.2) is 0 Å². The van der Waals surface area contributed by atoms with Crippen molar-refractivity contribution < 1.29 is 9.53 Å². The molecule has 0 unspecified atom stereocenters. The minimum absolute atomic E-state index is 0.00609. The van der Waals surface area contributed by atoms with Crippen molar-refractivity contribution in [1.82, 2.24) is 10.3 Å². The van der Waals surface area contributed by atoms with E-state index in [1.165, 1.54) is 0 Å². The predicted octanol–water partition coefficient (Wildman–Crippen LogP) is 2.89. The highest BCUT2D eigenvalue weighted by Gasteiger charge is 2.09. The van der Waals surface area contributed by atoms with Crippen LogP contribution in [0, 0.1) is 0 Å². The molecule has 0 spiro atoms. The molecule has 0 fully saturated rings. The lowest BCUT2D eigenvalue weighted by molar-refractivity contribution is -0.120. The monoisotopic (exact) mass is 290 g/mol. The smallest absolute Gasteiger partial charge is 0.226 e. The van der Waals surface area contributed by atoms with Gasteiger partial charge >= 0.3 is 0 Å². The number of nitrogens with zero attached hydrogens (tertiary/aromatic N) is 1. The van der Waals surface area contributed by atoms with Crippen molar-refractivity contribution in [3.63, 3.8) is 0 Å². The van der Waals surface area contributed by atoms with Gasteiger partial charge in [-0.15, -0.1) is 11.3 Å². The van der Waals surface area contributed by atoms with Gasteiger partial charge < -0.3 is 10.1 Å². The molecule has 2 aromatic rings. The molecule has 0 aliphatic rings. The number of ether oxygens (including phenoxy) is 1. The number of carbonyl (C=O) groups is 1. The highest BCUT2D eigenvalue weighted by Crippen LogP contribution is 2.25. The van der Waals surface area contributed by atoms with Gasteiger partial charge in [-0.2, -0.15) is 0 Å². The Bertz CT molecular complexity index is 576. The standard InChI is InChI=1S/C15H18N2O2S/c1-10(2)16-14(18)8-12-9-20-15(17-12)11-4-6-13(19-3)7-5-11/h4-7,9-10H,8H2,1-3H3,(H,16,18). The van der Waals surface area contributed by atoms with E-state index in [0.717, 1.165) is 22.0 Å². The number of aromatic nitrogens is 1. The van der Waals surface area contributed by atoms with Gasteiger partial charge in [0.25, 0.3) is 0 Å². The van der Waals surface area contributed by atoms with Crippen molar-refractivity contribution >= 4 is 17.2 Å². The van der Waals surface area contributed by atoms with Gasteiger partial charge in [0.05, 0.1) is 19.2 Å². The van der Waals surface area contributed by atoms with Crippen LogP contribution in [-0.2, 0) is 11.2 Å². The molecular weight excluding hydrogens is 272 g/mol. The molecule has 1 N–H and O–H groups in total. The Balaban J connectivity index is 2.06. The molecule has 0 saturated carbocycles. The SMILES string of the molecule is COc1ccc(-c2nc(CC(=O)NC(C)C)cs2)cc1. The largest absolute Gasteiger partial charge is 0.497 e. The zero-order valence-electron chi connectivity index (χ0n) is 11.8. The Morgan fingerprint density at radius 1 is 1.35 bits per heavy atom. The van der Waals surface area contributed by atoms with Crippen LogP contribution in [0.15, 0.2) is 29.6 Å². The van der Waals surface area contributed by atoms with E-state index in [9.17, 15) is 4.79 Å². The first-order valence-corrected chi connectivity index (χ1v) is 7.34. The Kier molecular flexibility index (Phi) is 4.74. The Morgan fingerprint density at radius 3 is 2.65 bits per heavy atom. The van der Waals surface area contributed by atoms with Crippen LogP contribution in [0.1, 0.15) is 19.5 Å². The number of rotatable bonds is 5. The second-order valence-electron chi connectivity index (χ2n) is 4.77. The van der Waals surface area contributed by atoms with Gasteiger partial charge in [-0.05, 0) is 38.1 Å². The van der Waals surface area contributed by atoms with Crippen LogP contribution in [0.2, 0.25) is 0 Å². The summed E-state index contributed by atoms with van der Waals surface area (Å²) in [5.74, 6) is 0.827. The van der Waals surface area contributed by atoms with Gasteiger partial charge in [-0.1, -0.05) is 0 Å². The number of carbonyl (C=O) groups excluding carboxylic acids is 1. The molecule has 4 nitrogen and oxygen atoms in total. The minimum atomic E-state index is 0.00609. The van der Waals surface area contributed by atoms with Crippen LogP contribution in [-0.4, -0.2) is 24.0 Å². The Hall–Kier alpha value is -1.88. The summed E-state index contributed by atoms with van der Waals surface area (Å²) >= 11 is 1.55. The minimum Gasteiger partial charge on any atom is -0.497 e. The summed E-state index contributed by atoms with van der Waals surface area (Å²) in [6, 6.07) is 7.90. The van der Waals surface area contributed by atoms with E-state index in [1.54, 1.807) is 18.4 Å². The summed E-state index contributed by atoms with van der Waals surface area (Å²) in [4.78, 5) is 16.2. The van der Waals surface area contributed by atoms with Gasteiger partial charge in [0.2, 0.25) is 5.91 Å². The molecule has 1 aromatic carbocycles. The molecule has 0 aliphatic carbocycles. The van der Waals surface area contributed by atoms with E-state index >= 15 is 0 Å². The maximum absolute atomic E-state index is 11.7. The predicted molar refractivity (Wildman–Crippen MR) is 81.1 cm³/mol. The van der Waals surface area contributed by atoms with Crippen molar-refractivity contribution in [3.8, 4) is 16.3 Å². The summed E-state index contributed by atoms with van der Waals surface area (Å²) in [6.07, 6.45) is 0.324. The fraction of sp³-hybridized carbons (Fsp3) is 0.333. The second kappa shape index (κ2) is 6.52. The lowest BCUT2D eigenvalue weighted by Gasteiger charge is -2.06. The highest BCUT2D eigenvalue weighted by molar-refractivity contribution is 7.13. The Labute approximate surface area is 122 Å². The third kappa shape index (κ3) is 3.81. The summed E-state index contributed by atoms with van der Waals surface area (Å²) in [6.45, 7) is 3.89. The number of amides is 1. The average molecular weight is 290 g/mol. The van der Waals surface area contributed by atoms with E-state index in [4.69, 9.17) is 4.74 Å². The molecule has 0 saturated heterocycles. The zero-order valence-corrected chi connectivity index (χ0v) is 12.7. The zero-order chi connectivity index (χ0) is 14.5. The number of methoxy groups -OCH3 is 1. The number of thiazole rings is 1. The maximum Gasteiger partial charge on any atom is 0.226 e. The molecule has 106 valence electrons. The van der Waals surface area contributed by atoms with Crippen molar-refractivity contribution in [2.24, 2.45) is 0 Å². The van der Waals surface area contributed by atoms with Crippen LogP contribution in [0.4, 0.5) is 0 Å². The summed E-state index contributed by atoms with van der Waals surface area (Å²) < 4.78 is 5.13. The summed E-state index contributed by atoms with van der Waals surface area (Å²) in [5.41, 5.74) is 1.84. The van der Waals surface area contributed by atoms with E-state index in [0.29, 0.717) is 6.42 Å². The number of hydrogen-bond acceptors (Lipinski definition) is 4. The van der Waals surface area contributed by atoms with E-state index in [-0.39, 0.29) is 11.9 Å². The molecule has 1 aromatic heterocycles. The quantitative estimate of drug-likeness (QED) is 0.921. The van der Waals surface area contributed by atoms with Crippen LogP contribution in [0.5, 0.6) is 5.75 Å². The fourth-order valence-electron chi connectivity index (χ4n) is 1.79. The molecule has 20 heavy (non-hydrogen) atoms. The van der Waals surface area contributed by atoms with Crippen molar-refractivity contribution in [3.05, 3.63) is 35.3 Å². The summed E-state index contributed by atoms with van der Waals surface area (Å²) in [7, 11) is 1.64. The van der Waals surface area contributed by atoms with E-state index in [1.807, 2.05) is 43.5 Å². The normalized spacial score (nSPS) is 10.6. The van der Waals surface area contributed by atoms with Crippen LogP contribution in [0.3, 0.4) is 0 Å². The van der Waals surface area contributed by atoms with E-state index < -0.39 is 0 Å². The number of hydrogen-bond donors (Lipinski definition) is 1. The molecule has 0 radical (unpaired) electrons. The molecule has 5 heteroatoms. The second-order valence-corrected chi connectivity index (χ2v) is 5.63. The first-order valence-electron chi connectivity index (χ1n) is 6.46. The molecule has 2 rings (SSSR count). The van der Waals surface area contributed by atoms with Gasteiger partial charge in [-0.25, -0.2) is 4.98 Å². The molecule has 1 heterocycles. The fourth-order valence-corrected chi connectivity index (χ4v) is 2.62. The molecule has 0 bridgehead atoms. The lowest BCUT2D eigenvalue weighted by Crippen LogP contribution is -2.31. The van der Waals surface area contributed by atoms with E-state index in [2.05, 4.69) is 10.3 Å². The van der Waals surface area contributed by atoms with Crippen molar-refractivity contribution in [2.75, 3.05) is 7.11 Å². The first kappa shape index (κ1) is 14.5. The van der Waals surface area contributed by atoms with Gasteiger partial charge in [0.1, 0.15) is 10.8 Å². The van der Waals surface area contributed by atoms with Crippen LogP contribution >= 0.6 is 11.3 Å². The third-order valence-electron chi connectivity index (χ3n) is 2.68. The first-order chi connectivity index (χ1) is 9.58. The van der Waals surface area contributed by atoms with Crippen molar-refractivity contribution in [2.45, 2.75) is 26.3 Å². The van der Waals surface area contributed by atoms with Gasteiger partial charge in [-0.3, -0.25) is 4.79 Å².